The van der Waals surface area contributed by atoms with E-state index in [2.05, 4.69) is 47.9 Å². The van der Waals surface area contributed by atoms with Gasteiger partial charge >= 0.3 is 0 Å². The summed E-state index contributed by atoms with van der Waals surface area (Å²) in [4.78, 5) is 8.36. The van der Waals surface area contributed by atoms with Gasteiger partial charge in [-0.3, -0.25) is 0 Å². The van der Waals surface area contributed by atoms with Crippen molar-refractivity contribution in [1.82, 2.24) is 29.2 Å². The molecule has 0 aromatic carbocycles. The molecule has 4 aromatic rings. The van der Waals surface area contributed by atoms with Crippen molar-refractivity contribution < 1.29 is 0 Å². The molecule has 4 rings (SSSR count). The molecule has 0 N–H and O–H groups in total. The van der Waals surface area contributed by atoms with E-state index in [4.69, 9.17) is 0 Å². The van der Waals surface area contributed by atoms with Crippen LogP contribution in [0.2, 0.25) is 0 Å². The molecule has 6 nitrogen and oxygen atoms in total. The topological polar surface area (TPSA) is 60.4 Å². The fourth-order valence-electron chi connectivity index (χ4n) is 2.38. The van der Waals surface area contributed by atoms with Gasteiger partial charge in [0.1, 0.15) is 0 Å². The second-order valence-corrected chi connectivity index (χ2v) is 6.27. The molecule has 0 saturated heterocycles. The largest absolute Gasteiger partial charge is 0.236 e. The van der Waals surface area contributed by atoms with Gasteiger partial charge < -0.3 is 0 Å². The monoisotopic (exact) mass is 322 g/mol. The molecule has 0 amide bonds. The summed E-state index contributed by atoms with van der Waals surface area (Å²) < 4.78 is 3.68. The van der Waals surface area contributed by atoms with E-state index in [0.29, 0.717) is 11.8 Å². The Morgan fingerprint density at radius 1 is 0.875 bits per heavy atom. The van der Waals surface area contributed by atoms with Crippen LogP contribution in [-0.4, -0.2) is 29.2 Å². The normalized spacial score (nSPS) is 11.2. The average molecular weight is 322 g/mol. The minimum atomic E-state index is 0.468. The van der Waals surface area contributed by atoms with Gasteiger partial charge in [0.2, 0.25) is 0 Å². The van der Waals surface area contributed by atoms with Crippen LogP contribution in [0.3, 0.4) is 0 Å². The first-order valence-corrected chi connectivity index (χ1v) is 8.15. The van der Waals surface area contributed by atoms with Gasteiger partial charge in [-0.1, -0.05) is 27.7 Å². The van der Waals surface area contributed by atoms with Crippen molar-refractivity contribution in [3.8, 4) is 0 Å². The number of hydrogen-bond acceptors (Lipinski definition) is 4. The Morgan fingerprint density at radius 2 is 1.71 bits per heavy atom. The first kappa shape index (κ1) is 16.1. The van der Waals surface area contributed by atoms with Crippen molar-refractivity contribution in [3.63, 3.8) is 0 Å². The van der Waals surface area contributed by atoms with Crippen LogP contribution in [0.5, 0.6) is 0 Å². The zero-order chi connectivity index (χ0) is 17.1. The van der Waals surface area contributed by atoms with E-state index in [0.717, 1.165) is 22.7 Å². The van der Waals surface area contributed by atoms with E-state index in [1.165, 1.54) is 0 Å². The molecule has 0 aliphatic rings. The SMILES string of the molecule is CC(C)c1ccc2nccn2n1.CC(C)c1cnc2cccnn12. The van der Waals surface area contributed by atoms with Gasteiger partial charge in [-0.05, 0) is 36.1 Å². The molecule has 24 heavy (non-hydrogen) atoms. The summed E-state index contributed by atoms with van der Waals surface area (Å²) in [5.74, 6) is 0.937. The van der Waals surface area contributed by atoms with Crippen LogP contribution in [0.25, 0.3) is 11.3 Å². The van der Waals surface area contributed by atoms with Crippen LogP contribution in [0.1, 0.15) is 50.9 Å². The van der Waals surface area contributed by atoms with Gasteiger partial charge in [0.15, 0.2) is 11.3 Å². The maximum Gasteiger partial charge on any atom is 0.153 e. The number of aromatic nitrogens is 6. The Labute approximate surface area is 141 Å². The average Bonchev–Trinajstić information content (AvgIpc) is 3.21. The molecule has 124 valence electrons. The highest BCUT2D eigenvalue weighted by Crippen LogP contribution is 2.14. The lowest BCUT2D eigenvalue weighted by atomic mass is 10.1. The van der Waals surface area contributed by atoms with E-state index in [1.807, 2.05) is 41.2 Å². The van der Waals surface area contributed by atoms with Crippen LogP contribution < -0.4 is 0 Å². The summed E-state index contributed by atoms with van der Waals surface area (Å²) in [5.41, 5.74) is 4.08. The predicted molar refractivity (Wildman–Crippen MR) is 94.2 cm³/mol. The summed E-state index contributed by atoms with van der Waals surface area (Å²) in [6, 6.07) is 7.86. The van der Waals surface area contributed by atoms with Crippen LogP contribution >= 0.6 is 0 Å². The Kier molecular flexibility index (Phi) is 4.55. The molecule has 0 saturated carbocycles. The number of nitrogens with zero attached hydrogens (tertiary/aromatic N) is 6. The van der Waals surface area contributed by atoms with E-state index in [9.17, 15) is 0 Å². The Bertz CT molecular complexity index is 935. The summed E-state index contributed by atoms with van der Waals surface area (Å²) in [7, 11) is 0. The highest BCUT2D eigenvalue weighted by Gasteiger charge is 2.06. The molecule has 0 aliphatic carbocycles. The molecular formula is C18H22N6. The number of hydrogen-bond donors (Lipinski definition) is 0. The molecule has 6 heteroatoms. The Hall–Kier alpha value is -2.76. The van der Waals surface area contributed by atoms with E-state index in [1.54, 1.807) is 16.9 Å². The third-order valence-corrected chi connectivity index (χ3v) is 3.76. The van der Waals surface area contributed by atoms with Crippen molar-refractivity contribution in [1.29, 1.82) is 0 Å². The second-order valence-electron chi connectivity index (χ2n) is 6.27. The van der Waals surface area contributed by atoms with Gasteiger partial charge in [0.05, 0.1) is 17.6 Å². The molecule has 0 bridgehead atoms. The molecule has 0 fully saturated rings. The Balaban J connectivity index is 0.000000141. The maximum atomic E-state index is 4.39. The standard InChI is InChI=1S/2C9H11N3/c1-7(2)8-3-4-9-10-5-6-12(9)11-8;1-7(2)8-6-10-9-4-3-5-11-12(8)9/h2*3-7H,1-2H3. The van der Waals surface area contributed by atoms with Crippen LogP contribution in [0.15, 0.2) is 49.1 Å². The first-order valence-electron chi connectivity index (χ1n) is 8.15. The fourth-order valence-corrected chi connectivity index (χ4v) is 2.38. The minimum Gasteiger partial charge on any atom is -0.236 e. The van der Waals surface area contributed by atoms with Crippen LogP contribution in [0.4, 0.5) is 0 Å². The van der Waals surface area contributed by atoms with Crippen molar-refractivity contribution in [3.05, 3.63) is 60.4 Å². The lowest BCUT2D eigenvalue weighted by Gasteiger charge is -2.02. The van der Waals surface area contributed by atoms with Gasteiger partial charge in [0.25, 0.3) is 0 Å². The molecule has 0 unspecified atom stereocenters. The van der Waals surface area contributed by atoms with Crippen LogP contribution in [0, 0.1) is 0 Å². The fraction of sp³-hybridized carbons (Fsp3) is 0.333. The third-order valence-electron chi connectivity index (χ3n) is 3.76. The smallest absolute Gasteiger partial charge is 0.153 e. The van der Waals surface area contributed by atoms with Gasteiger partial charge in [-0.15, -0.1) is 0 Å². The van der Waals surface area contributed by atoms with Crippen molar-refractivity contribution in [2.24, 2.45) is 0 Å². The van der Waals surface area contributed by atoms with E-state index in [-0.39, 0.29) is 0 Å². The quantitative estimate of drug-likeness (QED) is 0.564. The molecule has 4 aromatic heterocycles. The number of rotatable bonds is 2. The molecule has 4 heterocycles. The first-order chi connectivity index (χ1) is 11.6. The van der Waals surface area contributed by atoms with Gasteiger partial charge in [-0.25, -0.2) is 19.0 Å². The van der Waals surface area contributed by atoms with Crippen molar-refractivity contribution in [2.75, 3.05) is 0 Å². The summed E-state index contributed by atoms with van der Waals surface area (Å²) in [6.07, 6.45) is 7.28. The Morgan fingerprint density at radius 3 is 2.46 bits per heavy atom. The summed E-state index contributed by atoms with van der Waals surface area (Å²) in [6.45, 7) is 8.53. The number of fused-ring (bicyclic) bond motifs is 2. The van der Waals surface area contributed by atoms with Crippen molar-refractivity contribution in [2.45, 2.75) is 39.5 Å². The lowest BCUT2D eigenvalue weighted by Crippen LogP contribution is -1.98. The summed E-state index contributed by atoms with van der Waals surface area (Å²) >= 11 is 0. The number of imidazole rings is 2. The van der Waals surface area contributed by atoms with Crippen molar-refractivity contribution >= 4 is 11.3 Å². The summed E-state index contributed by atoms with van der Waals surface area (Å²) in [5, 5.41) is 8.61. The van der Waals surface area contributed by atoms with E-state index >= 15 is 0 Å². The molecule has 0 radical (unpaired) electrons. The third kappa shape index (κ3) is 3.27. The molecule has 0 atom stereocenters. The lowest BCUT2D eigenvalue weighted by molar-refractivity contribution is 0.759. The zero-order valence-electron chi connectivity index (χ0n) is 14.5. The van der Waals surface area contributed by atoms with Gasteiger partial charge in [-0.2, -0.15) is 10.2 Å². The predicted octanol–water partition coefficient (Wildman–Crippen LogP) is 3.71. The highest BCUT2D eigenvalue weighted by molar-refractivity contribution is 5.38. The van der Waals surface area contributed by atoms with Gasteiger partial charge in [0, 0.05) is 18.6 Å². The molecule has 0 aliphatic heterocycles. The minimum absolute atomic E-state index is 0.468. The highest BCUT2D eigenvalue weighted by atomic mass is 15.3. The second kappa shape index (κ2) is 6.78. The van der Waals surface area contributed by atoms with Crippen LogP contribution in [-0.2, 0) is 0 Å². The maximum absolute atomic E-state index is 4.39. The van der Waals surface area contributed by atoms with E-state index < -0.39 is 0 Å². The molecule has 0 spiro atoms. The molecular weight excluding hydrogens is 300 g/mol. The zero-order valence-corrected chi connectivity index (χ0v) is 14.5.